The van der Waals surface area contributed by atoms with Gasteiger partial charge in [0, 0.05) is 12.2 Å². The SMILES string of the molecule is C=CCN(C(=O)c1sc(COc2ccc(F)cc2)nc1C)c1ccccc1. The minimum Gasteiger partial charge on any atom is -0.486 e. The number of halogens is 1. The summed E-state index contributed by atoms with van der Waals surface area (Å²) in [6.45, 7) is 6.18. The molecule has 0 atom stereocenters. The Labute approximate surface area is 161 Å². The summed E-state index contributed by atoms with van der Waals surface area (Å²) in [7, 11) is 0. The summed E-state index contributed by atoms with van der Waals surface area (Å²) in [6.07, 6.45) is 1.69. The van der Waals surface area contributed by atoms with Crippen LogP contribution in [0.4, 0.5) is 10.1 Å². The second-order valence-corrected chi connectivity index (χ2v) is 6.89. The molecule has 3 rings (SSSR count). The molecule has 0 saturated carbocycles. The molecular weight excluding hydrogens is 363 g/mol. The van der Waals surface area contributed by atoms with E-state index in [9.17, 15) is 9.18 Å². The molecule has 27 heavy (non-hydrogen) atoms. The summed E-state index contributed by atoms with van der Waals surface area (Å²) in [5, 5.41) is 0.687. The van der Waals surface area contributed by atoms with Gasteiger partial charge in [-0.2, -0.15) is 0 Å². The highest BCUT2D eigenvalue weighted by molar-refractivity contribution is 7.13. The summed E-state index contributed by atoms with van der Waals surface area (Å²) in [4.78, 5) is 19.7. The first kappa shape index (κ1) is 18.8. The van der Waals surface area contributed by atoms with Crippen molar-refractivity contribution in [1.82, 2.24) is 4.98 Å². The molecule has 3 aromatic rings. The van der Waals surface area contributed by atoms with Crippen LogP contribution in [0.3, 0.4) is 0 Å². The van der Waals surface area contributed by atoms with Gasteiger partial charge >= 0.3 is 0 Å². The van der Waals surface area contributed by atoms with E-state index in [0.717, 1.165) is 5.69 Å². The monoisotopic (exact) mass is 382 g/mol. The van der Waals surface area contributed by atoms with Crippen molar-refractivity contribution >= 4 is 22.9 Å². The number of benzene rings is 2. The number of aromatic nitrogens is 1. The number of aryl methyl sites for hydroxylation is 1. The number of para-hydroxylation sites is 1. The van der Waals surface area contributed by atoms with Crippen LogP contribution in [0, 0.1) is 12.7 Å². The maximum absolute atomic E-state index is 13.0. The smallest absolute Gasteiger partial charge is 0.270 e. The second-order valence-electron chi connectivity index (χ2n) is 5.80. The molecule has 0 aliphatic heterocycles. The van der Waals surface area contributed by atoms with Crippen LogP contribution in [0.1, 0.15) is 20.4 Å². The first-order chi connectivity index (χ1) is 13.1. The van der Waals surface area contributed by atoms with E-state index in [0.29, 0.717) is 27.9 Å². The highest BCUT2D eigenvalue weighted by Crippen LogP contribution is 2.24. The molecule has 0 saturated heterocycles. The lowest BCUT2D eigenvalue weighted by Crippen LogP contribution is -2.30. The number of ether oxygens (including phenoxy) is 1. The number of carbonyl (C=O) groups excluding carboxylic acids is 1. The number of hydrogen-bond donors (Lipinski definition) is 0. The van der Waals surface area contributed by atoms with Crippen molar-refractivity contribution in [2.75, 3.05) is 11.4 Å². The molecule has 1 aromatic heterocycles. The third-order valence-corrected chi connectivity index (χ3v) is 4.95. The van der Waals surface area contributed by atoms with Gasteiger partial charge in [-0.05, 0) is 43.3 Å². The minimum absolute atomic E-state index is 0.121. The zero-order valence-corrected chi connectivity index (χ0v) is 15.7. The van der Waals surface area contributed by atoms with Gasteiger partial charge < -0.3 is 9.64 Å². The van der Waals surface area contributed by atoms with Crippen molar-refractivity contribution in [2.45, 2.75) is 13.5 Å². The van der Waals surface area contributed by atoms with Crippen molar-refractivity contribution in [2.24, 2.45) is 0 Å². The zero-order chi connectivity index (χ0) is 19.2. The van der Waals surface area contributed by atoms with E-state index in [1.807, 2.05) is 37.3 Å². The Morgan fingerprint density at radius 3 is 2.59 bits per heavy atom. The van der Waals surface area contributed by atoms with E-state index >= 15 is 0 Å². The van der Waals surface area contributed by atoms with Crippen LogP contribution in [0.5, 0.6) is 5.75 Å². The molecule has 0 aliphatic carbocycles. The Bertz CT molecular complexity index is 923. The number of rotatable bonds is 7. The van der Waals surface area contributed by atoms with Crippen molar-refractivity contribution in [3.8, 4) is 5.75 Å². The molecule has 2 aromatic carbocycles. The van der Waals surface area contributed by atoms with E-state index in [4.69, 9.17) is 4.74 Å². The first-order valence-corrected chi connectivity index (χ1v) is 9.22. The molecule has 0 radical (unpaired) electrons. The molecular formula is C21H19FN2O2S. The van der Waals surface area contributed by atoms with E-state index in [2.05, 4.69) is 11.6 Å². The number of anilines is 1. The van der Waals surface area contributed by atoms with Crippen molar-refractivity contribution in [1.29, 1.82) is 0 Å². The van der Waals surface area contributed by atoms with Gasteiger partial charge in [0.2, 0.25) is 0 Å². The highest BCUT2D eigenvalue weighted by atomic mass is 32.1. The van der Waals surface area contributed by atoms with Crippen molar-refractivity contribution < 1.29 is 13.9 Å². The molecule has 0 unspecified atom stereocenters. The van der Waals surface area contributed by atoms with Gasteiger partial charge in [-0.25, -0.2) is 9.37 Å². The van der Waals surface area contributed by atoms with Crippen molar-refractivity contribution in [3.63, 3.8) is 0 Å². The van der Waals surface area contributed by atoms with Gasteiger partial charge in [-0.3, -0.25) is 4.79 Å². The number of hydrogen-bond acceptors (Lipinski definition) is 4. The van der Waals surface area contributed by atoms with Crippen LogP contribution in [0.15, 0.2) is 67.3 Å². The number of nitrogens with zero attached hydrogens (tertiary/aromatic N) is 2. The normalized spacial score (nSPS) is 10.4. The van der Waals surface area contributed by atoms with Gasteiger partial charge in [0.25, 0.3) is 5.91 Å². The molecule has 1 heterocycles. The summed E-state index contributed by atoms with van der Waals surface area (Å²) >= 11 is 1.30. The Morgan fingerprint density at radius 2 is 1.93 bits per heavy atom. The molecule has 0 bridgehead atoms. The average molecular weight is 382 g/mol. The quantitative estimate of drug-likeness (QED) is 0.540. The van der Waals surface area contributed by atoms with E-state index in [-0.39, 0.29) is 18.3 Å². The Hall–Kier alpha value is -2.99. The van der Waals surface area contributed by atoms with Gasteiger partial charge in [-0.15, -0.1) is 17.9 Å². The minimum atomic E-state index is -0.316. The lowest BCUT2D eigenvalue weighted by Gasteiger charge is -2.20. The van der Waals surface area contributed by atoms with Gasteiger partial charge in [0.05, 0.1) is 5.69 Å². The van der Waals surface area contributed by atoms with Gasteiger partial charge in [0.1, 0.15) is 28.1 Å². The Balaban J connectivity index is 1.76. The predicted octanol–water partition coefficient (Wildman–Crippen LogP) is 5.00. The molecule has 138 valence electrons. The third kappa shape index (κ3) is 4.60. The molecule has 0 N–H and O–H groups in total. The fourth-order valence-electron chi connectivity index (χ4n) is 2.55. The fraction of sp³-hybridized carbons (Fsp3) is 0.143. The van der Waals surface area contributed by atoms with E-state index < -0.39 is 0 Å². The van der Waals surface area contributed by atoms with Crippen LogP contribution in [-0.4, -0.2) is 17.4 Å². The van der Waals surface area contributed by atoms with Crippen LogP contribution >= 0.6 is 11.3 Å². The summed E-state index contributed by atoms with van der Waals surface area (Å²) in [6, 6.07) is 15.2. The molecule has 6 heteroatoms. The zero-order valence-electron chi connectivity index (χ0n) is 14.9. The fourth-order valence-corrected chi connectivity index (χ4v) is 3.48. The largest absolute Gasteiger partial charge is 0.486 e. The predicted molar refractivity (Wildman–Crippen MR) is 106 cm³/mol. The van der Waals surface area contributed by atoms with Crippen LogP contribution in [0.2, 0.25) is 0 Å². The van der Waals surface area contributed by atoms with Gasteiger partial charge in [0.15, 0.2) is 0 Å². The molecule has 4 nitrogen and oxygen atoms in total. The third-order valence-electron chi connectivity index (χ3n) is 3.84. The molecule has 0 fully saturated rings. The number of thiazole rings is 1. The summed E-state index contributed by atoms with van der Waals surface area (Å²) in [5.41, 5.74) is 1.46. The lowest BCUT2D eigenvalue weighted by atomic mass is 10.2. The summed E-state index contributed by atoms with van der Waals surface area (Å²) < 4.78 is 18.6. The average Bonchev–Trinajstić information content (AvgIpc) is 3.06. The maximum atomic E-state index is 13.0. The standard InChI is InChI=1S/C21H19FN2O2S/c1-3-13-24(17-7-5-4-6-8-17)21(25)20-15(2)23-19(27-20)14-26-18-11-9-16(22)10-12-18/h3-12H,1,13-14H2,2H3. The topological polar surface area (TPSA) is 42.4 Å². The van der Waals surface area contributed by atoms with Crippen LogP contribution in [-0.2, 0) is 6.61 Å². The molecule has 1 amide bonds. The lowest BCUT2D eigenvalue weighted by molar-refractivity contribution is 0.0993. The molecule has 0 aliphatic rings. The van der Waals surface area contributed by atoms with Crippen molar-refractivity contribution in [3.05, 3.63) is 88.6 Å². The maximum Gasteiger partial charge on any atom is 0.270 e. The van der Waals surface area contributed by atoms with Crippen LogP contribution < -0.4 is 9.64 Å². The van der Waals surface area contributed by atoms with E-state index in [1.54, 1.807) is 23.1 Å². The first-order valence-electron chi connectivity index (χ1n) is 8.41. The van der Waals surface area contributed by atoms with Crippen LogP contribution in [0.25, 0.3) is 0 Å². The molecule has 0 spiro atoms. The Kier molecular flexibility index (Phi) is 5.98. The second kappa shape index (κ2) is 8.60. The highest BCUT2D eigenvalue weighted by Gasteiger charge is 2.22. The Morgan fingerprint density at radius 1 is 1.22 bits per heavy atom. The number of carbonyl (C=O) groups is 1. The van der Waals surface area contributed by atoms with E-state index in [1.165, 1.54) is 23.5 Å². The number of amides is 1. The van der Waals surface area contributed by atoms with Gasteiger partial charge in [-0.1, -0.05) is 24.3 Å². The summed E-state index contributed by atoms with van der Waals surface area (Å²) in [5.74, 6) is 0.113.